The first-order chi connectivity index (χ1) is 7.74. The quantitative estimate of drug-likeness (QED) is 0.698. The molecule has 4 nitrogen and oxygen atoms in total. The number of amides is 1. The van der Waals surface area contributed by atoms with E-state index in [1.165, 1.54) is 0 Å². The fourth-order valence-corrected chi connectivity index (χ4v) is 2.04. The average Bonchev–Trinajstić information content (AvgIpc) is 2.58. The number of hydrogen-bond donors (Lipinski definition) is 0. The van der Waals surface area contributed by atoms with E-state index in [2.05, 4.69) is 13.8 Å². The van der Waals surface area contributed by atoms with E-state index in [9.17, 15) is 9.59 Å². The maximum atomic E-state index is 11.9. The second-order valence-electron chi connectivity index (χ2n) is 6.08. The van der Waals surface area contributed by atoms with E-state index in [4.69, 9.17) is 4.74 Å². The minimum absolute atomic E-state index is 0.322. The Morgan fingerprint density at radius 2 is 2.00 bits per heavy atom. The summed E-state index contributed by atoms with van der Waals surface area (Å²) in [5.74, 6) is 0.864. The molecule has 0 bridgehead atoms. The summed E-state index contributed by atoms with van der Waals surface area (Å²) in [7, 11) is 0. The molecule has 1 heterocycles. The van der Waals surface area contributed by atoms with Crippen LogP contribution in [0.15, 0.2) is 0 Å². The van der Waals surface area contributed by atoms with Crippen LogP contribution in [0.1, 0.15) is 41.0 Å². The standard InChI is InChI=1S/C13H23NO3/c1-9(2)10-6-11(8-15)14(7-10)12(16)17-13(3,4)5/h8-11H,6-7H2,1-5H3/t10?,11-/m0/s1. The van der Waals surface area contributed by atoms with Gasteiger partial charge in [-0.2, -0.15) is 0 Å². The van der Waals surface area contributed by atoms with Gasteiger partial charge >= 0.3 is 6.09 Å². The first-order valence-corrected chi connectivity index (χ1v) is 6.19. The van der Waals surface area contributed by atoms with Crippen LogP contribution in [0, 0.1) is 11.8 Å². The summed E-state index contributed by atoms with van der Waals surface area (Å²) >= 11 is 0. The Morgan fingerprint density at radius 1 is 1.41 bits per heavy atom. The van der Waals surface area contributed by atoms with E-state index in [1.54, 1.807) is 4.90 Å². The number of aldehydes is 1. The minimum atomic E-state index is -0.513. The van der Waals surface area contributed by atoms with Gasteiger partial charge < -0.3 is 9.53 Å². The second-order valence-corrected chi connectivity index (χ2v) is 6.08. The lowest BCUT2D eigenvalue weighted by Crippen LogP contribution is -2.40. The van der Waals surface area contributed by atoms with Gasteiger partial charge in [-0.25, -0.2) is 4.79 Å². The molecule has 0 aromatic carbocycles. The Bertz CT molecular complexity index is 294. The fraction of sp³-hybridized carbons (Fsp3) is 0.846. The van der Waals surface area contributed by atoms with E-state index >= 15 is 0 Å². The molecule has 1 saturated heterocycles. The van der Waals surface area contributed by atoms with Crippen LogP contribution in [-0.2, 0) is 9.53 Å². The topological polar surface area (TPSA) is 46.6 Å². The Morgan fingerprint density at radius 3 is 2.41 bits per heavy atom. The molecule has 1 aliphatic rings. The summed E-state index contributed by atoms with van der Waals surface area (Å²) in [6.07, 6.45) is 1.23. The summed E-state index contributed by atoms with van der Waals surface area (Å²) in [4.78, 5) is 24.5. The second kappa shape index (κ2) is 5.07. The minimum Gasteiger partial charge on any atom is -0.444 e. The molecule has 0 radical (unpaired) electrons. The van der Waals surface area contributed by atoms with Crippen molar-refractivity contribution in [2.45, 2.75) is 52.7 Å². The molecule has 0 aromatic rings. The Kier molecular flexibility index (Phi) is 4.17. The molecule has 0 spiro atoms. The highest BCUT2D eigenvalue weighted by Crippen LogP contribution is 2.29. The van der Waals surface area contributed by atoms with Gasteiger partial charge in [-0.1, -0.05) is 13.8 Å². The van der Waals surface area contributed by atoms with Crippen LogP contribution in [0.5, 0.6) is 0 Å². The number of ether oxygens (including phenoxy) is 1. The van der Waals surface area contributed by atoms with Crippen molar-refractivity contribution in [3.05, 3.63) is 0 Å². The van der Waals surface area contributed by atoms with Gasteiger partial charge in [0.2, 0.25) is 0 Å². The SMILES string of the molecule is CC(C)C1C[C@@H](C=O)N(C(=O)OC(C)(C)C)C1. The molecule has 1 amide bonds. The molecule has 0 N–H and O–H groups in total. The maximum absolute atomic E-state index is 11.9. The zero-order valence-electron chi connectivity index (χ0n) is 11.4. The largest absolute Gasteiger partial charge is 0.444 e. The molecular formula is C13H23NO3. The molecule has 0 aromatic heterocycles. The third-order valence-corrected chi connectivity index (χ3v) is 3.10. The summed E-state index contributed by atoms with van der Waals surface area (Å²) in [6.45, 7) is 10.3. The third kappa shape index (κ3) is 3.72. The fourth-order valence-electron chi connectivity index (χ4n) is 2.04. The van der Waals surface area contributed by atoms with Crippen molar-refractivity contribution in [3.8, 4) is 0 Å². The zero-order chi connectivity index (χ0) is 13.2. The molecule has 2 atom stereocenters. The van der Waals surface area contributed by atoms with E-state index in [0.717, 1.165) is 12.7 Å². The summed E-state index contributed by atoms with van der Waals surface area (Å²) in [6, 6.07) is -0.322. The predicted molar refractivity (Wildman–Crippen MR) is 65.7 cm³/mol. The van der Waals surface area contributed by atoms with Gasteiger partial charge in [-0.15, -0.1) is 0 Å². The van der Waals surface area contributed by atoms with Gasteiger partial charge in [0.15, 0.2) is 0 Å². The Hall–Kier alpha value is -1.06. The lowest BCUT2D eigenvalue weighted by Gasteiger charge is -2.26. The van der Waals surface area contributed by atoms with Gasteiger partial charge in [-0.05, 0) is 39.0 Å². The lowest BCUT2D eigenvalue weighted by molar-refractivity contribution is -0.111. The molecule has 1 unspecified atom stereocenters. The monoisotopic (exact) mass is 241 g/mol. The van der Waals surface area contributed by atoms with Crippen LogP contribution in [0.3, 0.4) is 0 Å². The lowest BCUT2D eigenvalue weighted by atomic mass is 9.94. The summed E-state index contributed by atoms with van der Waals surface area (Å²) in [5, 5.41) is 0. The number of carbonyl (C=O) groups excluding carboxylic acids is 2. The predicted octanol–water partition coefficient (Wildman–Crippen LogP) is 2.47. The molecule has 4 heteroatoms. The van der Waals surface area contributed by atoms with E-state index in [1.807, 2.05) is 20.8 Å². The maximum Gasteiger partial charge on any atom is 0.410 e. The van der Waals surface area contributed by atoms with Crippen molar-refractivity contribution >= 4 is 12.4 Å². The molecule has 1 fully saturated rings. The Balaban J connectivity index is 2.69. The van der Waals surface area contributed by atoms with E-state index in [-0.39, 0.29) is 12.1 Å². The van der Waals surface area contributed by atoms with Crippen LogP contribution in [0.25, 0.3) is 0 Å². The molecule has 0 aliphatic carbocycles. The van der Waals surface area contributed by atoms with E-state index in [0.29, 0.717) is 18.4 Å². The van der Waals surface area contributed by atoms with Crippen LogP contribution in [0.2, 0.25) is 0 Å². The number of carbonyl (C=O) groups is 2. The van der Waals surface area contributed by atoms with Crippen LogP contribution >= 0.6 is 0 Å². The highest BCUT2D eigenvalue weighted by Gasteiger charge is 2.38. The number of rotatable bonds is 2. The van der Waals surface area contributed by atoms with Crippen molar-refractivity contribution in [1.82, 2.24) is 4.90 Å². The van der Waals surface area contributed by atoms with Crippen LogP contribution < -0.4 is 0 Å². The summed E-state index contributed by atoms with van der Waals surface area (Å²) in [5.41, 5.74) is -0.513. The highest BCUT2D eigenvalue weighted by molar-refractivity contribution is 5.74. The average molecular weight is 241 g/mol. The molecule has 98 valence electrons. The van der Waals surface area contributed by atoms with Gasteiger partial charge in [0.05, 0.1) is 6.04 Å². The van der Waals surface area contributed by atoms with Gasteiger partial charge in [-0.3, -0.25) is 4.90 Å². The number of hydrogen-bond acceptors (Lipinski definition) is 3. The van der Waals surface area contributed by atoms with E-state index < -0.39 is 5.60 Å². The molecular weight excluding hydrogens is 218 g/mol. The first-order valence-electron chi connectivity index (χ1n) is 6.19. The smallest absolute Gasteiger partial charge is 0.410 e. The van der Waals surface area contributed by atoms with Crippen molar-refractivity contribution in [3.63, 3.8) is 0 Å². The van der Waals surface area contributed by atoms with Gasteiger partial charge in [0.1, 0.15) is 11.9 Å². The van der Waals surface area contributed by atoms with Crippen molar-refractivity contribution in [1.29, 1.82) is 0 Å². The highest BCUT2D eigenvalue weighted by atomic mass is 16.6. The van der Waals surface area contributed by atoms with Crippen molar-refractivity contribution in [2.75, 3.05) is 6.54 Å². The first kappa shape index (κ1) is 14.0. The van der Waals surface area contributed by atoms with Crippen molar-refractivity contribution < 1.29 is 14.3 Å². The molecule has 17 heavy (non-hydrogen) atoms. The van der Waals surface area contributed by atoms with Crippen LogP contribution in [-0.4, -0.2) is 35.5 Å². The van der Waals surface area contributed by atoms with Gasteiger partial charge in [0.25, 0.3) is 0 Å². The third-order valence-electron chi connectivity index (χ3n) is 3.10. The zero-order valence-corrected chi connectivity index (χ0v) is 11.4. The number of likely N-dealkylation sites (tertiary alicyclic amines) is 1. The van der Waals surface area contributed by atoms with Crippen LogP contribution in [0.4, 0.5) is 4.79 Å². The van der Waals surface area contributed by atoms with Crippen molar-refractivity contribution in [2.24, 2.45) is 11.8 Å². The Labute approximate surface area is 103 Å². The molecule has 1 aliphatic heterocycles. The normalized spacial score (nSPS) is 25.2. The molecule has 1 rings (SSSR count). The molecule has 0 saturated carbocycles. The summed E-state index contributed by atoms with van der Waals surface area (Å²) < 4.78 is 5.31. The van der Waals surface area contributed by atoms with Gasteiger partial charge in [0, 0.05) is 6.54 Å². The number of nitrogens with zero attached hydrogens (tertiary/aromatic N) is 1.